The van der Waals surface area contributed by atoms with Crippen LogP contribution in [-0.2, 0) is 14.4 Å². The number of benzene rings is 1. The number of ketones is 3. The molecule has 1 aliphatic heterocycles. The molecular weight excluding hydrogens is 340 g/mol. The van der Waals surface area contributed by atoms with Gasteiger partial charge < -0.3 is 0 Å². The summed E-state index contributed by atoms with van der Waals surface area (Å²) < 4.78 is 1.04. The monoisotopic (exact) mass is 358 g/mol. The molecule has 0 radical (unpaired) electrons. The van der Waals surface area contributed by atoms with Crippen LogP contribution in [0.15, 0.2) is 40.1 Å². The third-order valence-corrected chi connectivity index (χ3v) is 8.15. The lowest BCUT2D eigenvalue weighted by molar-refractivity contribution is -0.138. The van der Waals surface area contributed by atoms with Crippen LogP contribution in [0.5, 0.6) is 0 Å². The van der Waals surface area contributed by atoms with Crippen molar-refractivity contribution in [2.45, 2.75) is 31.6 Å². The molecule has 3 nitrogen and oxygen atoms in total. The van der Waals surface area contributed by atoms with Crippen molar-refractivity contribution in [3.8, 4) is 0 Å². The van der Waals surface area contributed by atoms with E-state index in [4.69, 9.17) is 0 Å². The van der Waals surface area contributed by atoms with Crippen LogP contribution in [0, 0.1) is 5.41 Å². The zero-order valence-corrected chi connectivity index (χ0v) is 14.9. The smallest absolute Gasteiger partial charge is 0.161 e. The lowest BCUT2D eigenvalue weighted by Gasteiger charge is -2.39. The minimum Gasteiger partial charge on any atom is -0.299 e. The molecule has 24 heavy (non-hydrogen) atoms. The van der Waals surface area contributed by atoms with E-state index in [1.807, 2.05) is 30.3 Å². The third-order valence-electron chi connectivity index (χ3n) is 5.35. The van der Waals surface area contributed by atoms with E-state index in [0.29, 0.717) is 19.3 Å². The van der Waals surface area contributed by atoms with E-state index in [2.05, 4.69) is 0 Å². The number of carbonyl (C=O) groups excluding carboxylic acids is 3. The standard InChI is InChI=1S/C19H18O3S2/c20-15-10-14(12-4-2-1-3-5-12)19(16(21)6-7-17(19)22)11-13(15)18-23-8-9-24-18/h1-5,14H,6-11H2. The van der Waals surface area contributed by atoms with Crippen molar-refractivity contribution in [1.29, 1.82) is 0 Å². The van der Waals surface area contributed by atoms with Crippen molar-refractivity contribution in [2.24, 2.45) is 5.41 Å². The Kier molecular flexibility index (Phi) is 4.17. The van der Waals surface area contributed by atoms with E-state index < -0.39 is 5.41 Å². The molecule has 0 N–H and O–H groups in total. The summed E-state index contributed by atoms with van der Waals surface area (Å²) in [6.45, 7) is 0. The fourth-order valence-corrected chi connectivity index (χ4v) is 6.75. The topological polar surface area (TPSA) is 51.2 Å². The molecule has 1 unspecified atom stereocenters. The first-order valence-electron chi connectivity index (χ1n) is 8.26. The van der Waals surface area contributed by atoms with Gasteiger partial charge in [0, 0.05) is 46.5 Å². The van der Waals surface area contributed by atoms with E-state index in [1.54, 1.807) is 23.5 Å². The van der Waals surface area contributed by atoms with Gasteiger partial charge in [-0.25, -0.2) is 0 Å². The maximum Gasteiger partial charge on any atom is 0.161 e. The van der Waals surface area contributed by atoms with Crippen LogP contribution in [0.4, 0.5) is 0 Å². The van der Waals surface area contributed by atoms with E-state index >= 15 is 0 Å². The van der Waals surface area contributed by atoms with Crippen LogP contribution in [0.3, 0.4) is 0 Å². The summed E-state index contributed by atoms with van der Waals surface area (Å²) in [6.07, 6.45) is 1.21. The molecule has 4 rings (SSSR count). The van der Waals surface area contributed by atoms with Gasteiger partial charge >= 0.3 is 0 Å². The van der Waals surface area contributed by atoms with Gasteiger partial charge in [-0.15, -0.1) is 23.5 Å². The summed E-state index contributed by atoms with van der Waals surface area (Å²) in [6, 6.07) is 9.62. The summed E-state index contributed by atoms with van der Waals surface area (Å²) in [7, 11) is 0. The van der Waals surface area contributed by atoms with Gasteiger partial charge in [-0.3, -0.25) is 14.4 Å². The second-order valence-corrected chi connectivity index (χ2v) is 9.02. The van der Waals surface area contributed by atoms with Gasteiger partial charge in [0.2, 0.25) is 0 Å². The second-order valence-electron chi connectivity index (χ2n) is 6.55. The van der Waals surface area contributed by atoms with Crippen molar-refractivity contribution in [3.63, 3.8) is 0 Å². The molecular formula is C19H18O3S2. The molecule has 1 aromatic carbocycles. The lowest BCUT2D eigenvalue weighted by atomic mass is 9.60. The summed E-state index contributed by atoms with van der Waals surface area (Å²) in [5, 5.41) is 0. The Balaban J connectivity index is 1.83. The SMILES string of the molecule is O=C1CC(c2ccccc2)C2(CC1=C1SCCS1)C(=O)CCC2=O. The fraction of sp³-hybridized carbons (Fsp3) is 0.421. The minimum absolute atomic E-state index is 0.0277. The molecule has 3 fully saturated rings. The van der Waals surface area contributed by atoms with Crippen molar-refractivity contribution in [3.05, 3.63) is 45.7 Å². The van der Waals surface area contributed by atoms with Gasteiger partial charge in [0.1, 0.15) is 11.6 Å². The highest BCUT2D eigenvalue weighted by atomic mass is 32.2. The quantitative estimate of drug-likeness (QED) is 0.565. The number of Topliss-reactive ketones (excluding diaryl/α,β-unsaturated/α-hetero) is 3. The molecule has 0 aromatic heterocycles. The molecule has 1 spiro atoms. The Morgan fingerprint density at radius 1 is 0.917 bits per heavy atom. The second kappa shape index (κ2) is 6.19. The minimum atomic E-state index is -1.01. The average Bonchev–Trinajstić information content (AvgIpc) is 3.22. The zero-order chi connectivity index (χ0) is 16.7. The van der Waals surface area contributed by atoms with Crippen LogP contribution in [0.25, 0.3) is 0 Å². The molecule has 2 aliphatic carbocycles. The lowest BCUT2D eigenvalue weighted by Crippen LogP contribution is -2.44. The van der Waals surface area contributed by atoms with Crippen LogP contribution in [0.2, 0.25) is 0 Å². The summed E-state index contributed by atoms with van der Waals surface area (Å²) >= 11 is 3.39. The highest BCUT2D eigenvalue weighted by molar-refractivity contribution is 8.25. The largest absolute Gasteiger partial charge is 0.299 e. The van der Waals surface area contributed by atoms with Crippen LogP contribution in [0.1, 0.15) is 37.2 Å². The molecule has 3 aliphatic rings. The predicted molar refractivity (Wildman–Crippen MR) is 97.0 cm³/mol. The van der Waals surface area contributed by atoms with Crippen molar-refractivity contribution >= 4 is 40.9 Å². The predicted octanol–water partition coefficient (Wildman–Crippen LogP) is 3.74. The molecule has 5 heteroatoms. The first-order valence-corrected chi connectivity index (χ1v) is 10.2. The average molecular weight is 358 g/mol. The van der Waals surface area contributed by atoms with E-state index in [9.17, 15) is 14.4 Å². The molecule has 1 aromatic rings. The Labute approximate surface area is 149 Å². The molecule has 124 valence electrons. The molecule has 1 atom stereocenters. The Morgan fingerprint density at radius 3 is 2.17 bits per heavy atom. The number of thioether (sulfide) groups is 2. The highest BCUT2D eigenvalue weighted by Crippen LogP contribution is 2.55. The van der Waals surface area contributed by atoms with Crippen LogP contribution >= 0.6 is 23.5 Å². The van der Waals surface area contributed by atoms with Gasteiger partial charge in [-0.1, -0.05) is 30.3 Å². The van der Waals surface area contributed by atoms with Gasteiger partial charge in [-0.05, 0) is 12.0 Å². The normalized spacial score (nSPS) is 26.7. The number of hydrogen-bond donors (Lipinski definition) is 0. The highest BCUT2D eigenvalue weighted by Gasteiger charge is 2.58. The van der Waals surface area contributed by atoms with Gasteiger partial charge in [0.05, 0.1) is 5.41 Å². The first kappa shape index (κ1) is 16.2. The maximum atomic E-state index is 12.8. The Bertz CT molecular complexity index is 727. The number of rotatable bonds is 1. The maximum absolute atomic E-state index is 12.8. The van der Waals surface area contributed by atoms with E-state index in [1.165, 1.54) is 0 Å². The van der Waals surface area contributed by atoms with E-state index in [-0.39, 0.29) is 29.7 Å². The number of allylic oxidation sites excluding steroid dienone is 1. The first-order chi connectivity index (χ1) is 11.6. The van der Waals surface area contributed by atoms with Gasteiger partial charge in [0.15, 0.2) is 5.78 Å². The molecule has 0 bridgehead atoms. The van der Waals surface area contributed by atoms with Gasteiger partial charge in [-0.2, -0.15) is 0 Å². The van der Waals surface area contributed by atoms with Crippen molar-refractivity contribution in [2.75, 3.05) is 11.5 Å². The molecule has 1 saturated heterocycles. The summed E-state index contributed by atoms with van der Waals surface area (Å²) in [5.41, 5.74) is 0.657. The number of carbonyl (C=O) groups is 3. The van der Waals surface area contributed by atoms with Crippen molar-refractivity contribution in [1.82, 2.24) is 0 Å². The van der Waals surface area contributed by atoms with Crippen molar-refractivity contribution < 1.29 is 14.4 Å². The fourth-order valence-electron chi connectivity index (χ4n) is 4.16. The van der Waals surface area contributed by atoms with Crippen LogP contribution in [-0.4, -0.2) is 28.9 Å². The molecule has 1 heterocycles. The van der Waals surface area contributed by atoms with Gasteiger partial charge in [0.25, 0.3) is 0 Å². The zero-order valence-electron chi connectivity index (χ0n) is 13.2. The van der Waals surface area contributed by atoms with Crippen LogP contribution < -0.4 is 0 Å². The summed E-state index contributed by atoms with van der Waals surface area (Å²) in [4.78, 5) is 38.5. The Morgan fingerprint density at radius 2 is 1.54 bits per heavy atom. The molecule has 0 amide bonds. The summed E-state index contributed by atoms with van der Waals surface area (Å²) in [5.74, 6) is 1.84. The number of hydrogen-bond acceptors (Lipinski definition) is 5. The molecule has 2 saturated carbocycles. The Hall–Kier alpha value is -1.33. The third kappa shape index (κ3) is 2.40. The van der Waals surface area contributed by atoms with E-state index in [0.717, 1.165) is 26.9 Å².